The molecule has 4 nitrogen and oxygen atoms in total. The van der Waals surface area contributed by atoms with Gasteiger partial charge < -0.3 is 15.4 Å². The molecule has 1 aliphatic carbocycles. The monoisotopic (exact) mass is 198 g/mol. The minimum absolute atomic E-state index is 0.154. The summed E-state index contributed by atoms with van der Waals surface area (Å²) in [4.78, 5) is 11.5. The Bertz CT molecular complexity index is 214. The molecular formula is C10H18N2O2. The minimum Gasteiger partial charge on any atom is -0.374 e. The number of amides is 1. The Labute approximate surface area is 84.4 Å². The molecule has 80 valence electrons. The van der Waals surface area contributed by atoms with Gasteiger partial charge in [-0.15, -0.1) is 0 Å². The maximum atomic E-state index is 11.5. The first-order valence-electron chi connectivity index (χ1n) is 5.37. The van der Waals surface area contributed by atoms with Crippen LogP contribution in [0, 0.1) is 11.8 Å². The lowest BCUT2D eigenvalue weighted by Gasteiger charge is -2.23. The molecule has 2 rings (SSSR count). The van der Waals surface area contributed by atoms with E-state index >= 15 is 0 Å². The van der Waals surface area contributed by atoms with Gasteiger partial charge in [-0.2, -0.15) is 0 Å². The van der Waals surface area contributed by atoms with E-state index in [-0.39, 0.29) is 17.9 Å². The Morgan fingerprint density at radius 1 is 1.64 bits per heavy atom. The van der Waals surface area contributed by atoms with Crippen LogP contribution in [0.15, 0.2) is 0 Å². The zero-order valence-corrected chi connectivity index (χ0v) is 8.58. The van der Waals surface area contributed by atoms with E-state index in [1.54, 1.807) is 0 Å². The van der Waals surface area contributed by atoms with Gasteiger partial charge >= 0.3 is 0 Å². The first kappa shape index (κ1) is 9.93. The van der Waals surface area contributed by atoms with Crippen molar-refractivity contribution in [3.8, 4) is 0 Å². The number of hydrogen-bond acceptors (Lipinski definition) is 3. The number of carbonyl (C=O) groups excluding carboxylic acids is 1. The quantitative estimate of drug-likeness (QED) is 0.657. The fourth-order valence-corrected chi connectivity index (χ4v) is 1.78. The van der Waals surface area contributed by atoms with Gasteiger partial charge in [-0.25, -0.2) is 0 Å². The van der Waals surface area contributed by atoms with Crippen molar-refractivity contribution in [2.24, 2.45) is 11.8 Å². The van der Waals surface area contributed by atoms with Gasteiger partial charge in [0.2, 0.25) is 5.91 Å². The molecule has 4 heteroatoms. The second kappa shape index (κ2) is 4.28. The average molecular weight is 198 g/mol. The van der Waals surface area contributed by atoms with Crippen molar-refractivity contribution < 1.29 is 9.53 Å². The van der Waals surface area contributed by atoms with E-state index in [4.69, 9.17) is 4.74 Å². The lowest BCUT2D eigenvalue weighted by Crippen LogP contribution is -2.45. The summed E-state index contributed by atoms with van der Waals surface area (Å²) in [5, 5.41) is 6.18. The third kappa shape index (κ3) is 2.45. The van der Waals surface area contributed by atoms with Gasteiger partial charge in [-0.05, 0) is 12.3 Å². The highest BCUT2D eigenvalue weighted by Crippen LogP contribution is 2.37. The van der Waals surface area contributed by atoms with Crippen LogP contribution in [0.4, 0.5) is 0 Å². The molecule has 1 saturated heterocycles. The molecule has 0 bridgehead atoms. The molecule has 0 aromatic rings. The number of carbonyl (C=O) groups is 1. The Morgan fingerprint density at radius 3 is 3.00 bits per heavy atom. The standard InChI is InChI=1S/C10H18N2O2/c1-7-4-9(7)10(13)12-6-8-5-11-2-3-14-8/h7-9,11H,2-6H2,1H3,(H,12,13). The summed E-state index contributed by atoms with van der Waals surface area (Å²) in [6.45, 7) is 5.28. The smallest absolute Gasteiger partial charge is 0.223 e. The molecule has 0 spiro atoms. The van der Waals surface area contributed by atoms with Crippen molar-refractivity contribution in [3.05, 3.63) is 0 Å². The predicted molar refractivity (Wildman–Crippen MR) is 52.9 cm³/mol. The van der Waals surface area contributed by atoms with E-state index in [0.29, 0.717) is 12.5 Å². The first-order chi connectivity index (χ1) is 6.77. The Morgan fingerprint density at radius 2 is 2.43 bits per heavy atom. The Balaban J connectivity index is 1.63. The van der Waals surface area contributed by atoms with Crippen LogP contribution in [-0.2, 0) is 9.53 Å². The molecule has 1 saturated carbocycles. The van der Waals surface area contributed by atoms with Crippen LogP contribution in [0.2, 0.25) is 0 Å². The molecule has 3 unspecified atom stereocenters. The lowest BCUT2D eigenvalue weighted by molar-refractivity contribution is -0.123. The molecule has 1 aliphatic heterocycles. The fraction of sp³-hybridized carbons (Fsp3) is 0.900. The number of nitrogens with one attached hydrogen (secondary N) is 2. The maximum absolute atomic E-state index is 11.5. The van der Waals surface area contributed by atoms with E-state index in [1.807, 2.05) is 0 Å². The molecule has 1 amide bonds. The highest BCUT2D eigenvalue weighted by molar-refractivity contribution is 5.81. The second-order valence-electron chi connectivity index (χ2n) is 4.26. The molecule has 1 heterocycles. The summed E-state index contributed by atoms with van der Waals surface area (Å²) in [6, 6.07) is 0. The zero-order chi connectivity index (χ0) is 9.97. The fourth-order valence-electron chi connectivity index (χ4n) is 1.78. The molecule has 3 atom stereocenters. The van der Waals surface area contributed by atoms with E-state index < -0.39 is 0 Å². The van der Waals surface area contributed by atoms with Crippen LogP contribution in [0.5, 0.6) is 0 Å². The van der Waals surface area contributed by atoms with Gasteiger partial charge in [-0.3, -0.25) is 4.79 Å². The van der Waals surface area contributed by atoms with E-state index in [2.05, 4.69) is 17.6 Å². The van der Waals surface area contributed by atoms with Gasteiger partial charge in [-0.1, -0.05) is 6.92 Å². The van der Waals surface area contributed by atoms with Crippen molar-refractivity contribution in [1.29, 1.82) is 0 Å². The lowest BCUT2D eigenvalue weighted by atomic mass is 10.3. The highest BCUT2D eigenvalue weighted by atomic mass is 16.5. The minimum atomic E-state index is 0.154. The first-order valence-corrected chi connectivity index (χ1v) is 5.37. The topological polar surface area (TPSA) is 50.4 Å². The van der Waals surface area contributed by atoms with Crippen LogP contribution in [-0.4, -0.2) is 38.3 Å². The van der Waals surface area contributed by atoms with Crippen molar-refractivity contribution in [3.63, 3.8) is 0 Å². The van der Waals surface area contributed by atoms with Gasteiger partial charge in [0.1, 0.15) is 0 Å². The normalized spacial score (nSPS) is 36.5. The SMILES string of the molecule is CC1CC1C(=O)NCC1CNCCO1. The van der Waals surface area contributed by atoms with E-state index in [1.165, 1.54) is 0 Å². The molecule has 2 N–H and O–H groups in total. The Kier molecular flexibility index (Phi) is 3.03. The van der Waals surface area contributed by atoms with E-state index in [9.17, 15) is 4.79 Å². The molecule has 14 heavy (non-hydrogen) atoms. The van der Waals surface area contributed by atoms with Crippen molar-refractivity contribution in [1.82, 2.24) is 10.6 Å². The summed E-state index contributed by atoms with van der Waals surface area (Å²) in [5.41, 5.74) is 0. The number of hydrogen-bond donors (Lipinski definition) is 2. The third-order valence-corrected chi connectivity index (χ3v) is 2.95. The summed E-state index contributed by atoms with van der Waals surface area (Å²) >= 11 is 0. The van der Waals surface area contributed by atoms with Gasteiger partial charge in [0.25, 0.3) is 0 Å². The molecule has 0 radical (unpaired) electrons. The summed E-state index contributed by atoms with van der Waals surface area (Å²) in [6.07, 6.45) is 1.21. The second-order valence-corrected chi connectivity index (χ2v) is 4.26. The number of ether oxygens (including phenoxy) is 1. The van der Waals surface area contributed by atoms with Gasteiger partial charge in [0.15, 0.2) is 0 Å². The third-order valence-electron chi connectivity index (χ3n) is 2.95. The summed E-state index contributed by atoms with van der Waals surface area (Å²) in [5.74, 6) is 1.05. The summed E-state index contributed by atoms with van der Waals surface area (Å²) in [7, 11) is 0. The van der Waals surface area contributed by atoms with Crippen LogP contribution in [0.3, 0.4) is 0 Å². The molecule has 0 aromatic heterocycles. The molecule has 2 aliphatic rings. The van der Waals surface area contributed by atoms with Crippen LogP contribution >= 0.6 is 0 Å². The van der Waals surface area contributed by atoms with Crippen molar-refractivity contribution in [2.45, 2.75) is 19.4 Å². The van der Waals surface area contributed by atoms with Crippen molar-refractivity contribution in [2.75, 3.05) is 26.2 Å². The van der Waals surface area contributed by atoms with E-state index in [0.717, 1.165) is 26.1 Å². The zero-order valence-electron chi connectivity index (χ0n) is 8.58. The average Bonchev–Trinajstić information content (AvgIpc) is 2.94. The predicted octanol–water partition coefficient (Wildman–Crippen LogP) is -0.253. The van der Waals surface area contributed by atoms with Gasteiger partial charge in [0, 0.05) is 25.6 Å². The van der Waals surface area contributed by atoms with Crippen LogP contribution in [0.25, 0.3) is 0 Å². The summed E-state index contributed by atoms with van der Waals surface area (Å²) < 4.78 is 5.48. The number of morpholine rings is 1. The largest absolute Gasteiger partial charge is 0.374 e. The maximum Gasteiger partial charge on any atom is 0.223 e. The number of rotatable bonds is 3. The van der Waals surface area contributed by atoms with Gasteiger partial charge in [0.05, 0.1) is 12.7 Å². The molecule has 0 aromatic carbocycles. The Hall–Kier alpha value is -0.610. The van der Waals surface area contributed by atoms with Crippen LogP contribution < -0.4 is 10.6 Å². The highest BCUT2D eigenvalue weighted by Gasteiger charge is 2.39. The van der Waals surface area contributed by atoms with Crippen molar-refractivity contribution >= 4 is 5.91 Å². The molecule has 2 fully saturated rings. The van der Waals surface area contributed by atoms with Crippen LogP contribution in [0.1, 0.15) is 13.3 Å². The molecular weight excluding hydrogens is 180 g/mol.